The summed E-state index contributed by atoms with van der Waals surface area (Å²) in [5, 5.41) is 7.73. The number of hydrogen-bond donors (Lipinski definition) is 1. The van der Waals surface area contributed by atoms with E-state index < -0.39 is 10.0 Å². The van der Waals surface area contributed by atoms with E-state index in [9.17, 15) is 8.42 Å². The number of thiophene rings is 1. The fourth-order valence-corrected chi connectivity index (χ4v) is 5.22. The highest BCUT2D eigenvalue weighted by molar-refractivity contribution is 7.91. The van der Waals surface area contributed by atoms with Gasteiger partial charge >= 0.3 is 0 Å². The van der Waals surface area contributed by atoms with Crippen LogP contribution in [0.25, 0.3) is 11.3 Å². The first kappa shape index (κ1) is 17.1. The number of nitrogens with one attached hydrogen (secondary N) is 1. The fourth-order valence-electron chi connectivity index (χ4n) is 2.10. The van der Waals surface area contributed by atoms with Crippen molar-refractivity contribution in [2.45, 2.75) is 4.21 Å². The molecule has 0 aliphatic heterocycles. The van der Waals surface area contributed by atoms with Crippen molar-refractivity contribution in [1.29, 1.82) is 0 Å². The van der Waals surface area contributed by atoms with Crippen LogP contribution >= 0.6 is 22.7 Å². The summed E-state index contributed by atoms with van der Waals surface area (Å²) in [4.78, 5) is 4.53. The van der Waals surface area contributed by atoms with E-state index in [4.69, 9.17) is 0 Å². The number of benzene rings is 1. The molecule has 0 atom stereocenters. The molecule has 0 bridgehead atoms. The molecular formula is C16H17N3O2S3. The van der Waals surface area contributed by atoms with Gasteiger partial charge in [0.2, 0.25) is 0 Å². The van der Waals surface area contributed by atoms with Gasteiger partial charge in [-0.2, -0.15) is 4.31 Å². The standard InChI is InChI=1S/C16H17N3O2S3/c1-19(24(20,21)15-8-5-11-22-15)10-9-17-16-18-14(12-23-16)13-6-3-2-4-7-13/h2-8,11-12H,9-10H2,1H3,(H,17,18). The number of likely N-dealkylation sites (N-methyl/N-ethyl adjacent to an activating group) is 1. The van der Waals surface area contributed by atoms with Crippen molar-refractivity contribution in [3.63, 3.8) is 0 Å². The lowest BCUT2D eigenvalue weighted by molar-refractivity contribution is 0.482. The summed E-state index contributed by atoms with van der Waals surface area (Å²) in [6.45, 7) is 0.878. The van der Waals surface area contributed by atoms with Crippen molar-refractivity contribution < 1.29 is 8.42 Å². The number of sulfonamides is 1. The van der Waals surface area contributed by atoms with Gasteiger partial charge in [0.05, 0.1) is 5.69 Å². The molecule has 5 nitrogen and oxygen atoms in total. The summed E-state index contributed by atoms with van der Waals surface area (Å²) in [5.41, 5.74) is 1.99. The Hall–Kier alpha value is -1.74. The Bertz CT molecular complexity index is 874. The molecule has 1 aromatic carbocycles. The zero-order chi connectivity index (χ0) is 17.0. The quantitative estimate of drug-likeness (QED) is 0.681. The van der Waals surface area contributed by atoms with E-state index in [1.165, 1.54) is 27.0 Å². The average molecular weight is 380 g/mol. The van der Waals surface area contributed by atoms with Crippen LogP contribution in [-0.2, 0) is 10.0 Å². The molecule has 2 aromatic heterocycles. The lowest BCUT2D eigenvalue weighted by Gasteiger charge is -2.15. The molecule has 0 amide bonds. The molecule has 0 unspecified atom stereocenters. The molecule has 2 heterocycles. The van der Waals surface area contributed by atoms with Crippen molar-refractivity contribution in [3.8, 4) is 11.3 Å². The second-order valence-electron chi connectivity index (χ2n) is 5.09. The Morgan fingerprint density at radius 1 is 1.12 bits per heavy atom. The fraction of sp³-hybridized carbons (Fsp3) is 0.188. The summed E-state index contributed by atoms with van der Waals surface area (Å²) >= 11 is 2.74. The minimum atomic E-state index is -3.39. The third-order valence-electron chi connectivity index (χ3n) is 3.44. The highest BCUT2D eigenvalue weighted by Gasteiger charge is 2.21. The van der Waals surface area contributed by atoms with Crippen LogP contribution in [0.15, 0.2) is 57.4 Å². The maximum atomic E-state index is 12.3. The molecule has 0 fully saturated rings. The first-order chi connectivity index (χ1) is 11.6. The van der Waals surface area contributed by atoms with E-state index >= 15 is 0 Å². The summed E-state index contributed by atoms with van der Waals surface area (Å²) in [5.74, 6) is 0. The predicted molar refractivity (Wildman–Crippen MR) is 100 cm³/mol. The van der Waals surface area contributed by atoms with Gasteiger partial charge in [0.1, 0.15) is 4.21 Å². The van der Waals surface area contributed by atoms with Crippen LogP contribution in [-0.4, -0.2) is 37.8 Å². The highest BCUT2D eigenvalue weighted by Crippen LogP contribution is 2.24. The molecular weight excluding hydrogens is 362 g/mol. The van der Waals surface area contributed by atoms with E-state index in [1.54, 1.807) is 24.6 Å². The maximum absolute atomic E-state index is 12.3. The van der Waals surface area contributed by atoms with E-state index in [0.717, 1.165) is 16.4 Å². The Balaban J connectivity index is 1.56. The SMILES string of the molecule is CN(CCNc1nc(-c2ccccc2)cs1)S(=O)(=O)c1cccs1. The lowest BCUT2D eigenvalue weighted by atomic mass is 10.2. The largest absolute Gasteiger partial charge is 0.360 e. The summed E-state index contributed by atoms with van der Waals surface area (Å²) in [7, 11) is -1.80. The number of hydrogen-bond acceptors (Lipinski definition) is 6. The van der Waals surface area contributed by atoms with E-state index in [2.05, 4.69) is 10.3 Å². The maximum Gasteiger partial charge on any atom is 0.252 e. The predicted octanol–water partition coefficient (Wildman–Crippen LogP) is 3.60. The number of nitrogens with zero attached hydrogens (tertiary/aromatic N) is 2. The number of anilines is 1. The number of rotatable bonds is 7. The van der Waals surface area contributed by atoms with Gasteiger partial charge in [0.25, 0.3) is 10.0 Å². The number of thiazole rings is 1. The smallest absolute Gasteiger partial charge is 0.252 e. The van der Waals surface area contributed by atoms with Crippen molar-refractivity contribution in [2.75, 3.05) is 25.5 Å². The molecule has 0 aliphatic rings. The van der Waals surface area contributed by atoms with E-state index in [0.29, 0.717) is 17.3 Å². The second kappa shape index (κ2) is 7.43. The van der Waals surface area contributed by atoms with Crippen LogP contribution in [0, 0.1) is 0 Å². The lowest BCUT2D eigenvalue weighted by Crippen LogP contribution is -2.31. The Labute approximate surface area is 149 Å². The van der Waals surface area contributed by atoms with Crippen molar-refractivity contribution in [3.05, 3.63) is 53.2 Å². The topological polar surface area (TPSA) is 62.3 Å². The van der Waals surface area contributed by atoms with E-state index in [-0.39, 0.29) is 0 Å². The third kappa shape index (κ3) is 3.84. The molecule has 0 saturated carbocycles. The normalized spacial score (nSPS) is 11.8. The van der Waals surface area contributed by atoms with Crippen LogP contribution in [0.1, 0.15) is 0 Å². The Morgan fingerprint density at radius 3 is 2.62 bits per heavy atom. The molecule has 24 heavy (non-hydrogen) atoms. The second-order valence-corrected chi connectivity index (χ2v) is 9.17. The summed E-state index contributed by atoms with van der Waals surface area (Å²) in [6, 6.07) is 13.3. The monoisotopic (exact) mass is 379 g/mol. The molecule has 126 valence electrons. The van der Waals surface area contributed by atoms with Gasteiger partial charge in [-0.3, -0.25) is 0 Å². The Kier molecular flexibility index (Phi) is 5.30. The van der Waals surface area contributed by atoms with Crippen LogP contribution in [0.4, 0.5) is 5.13 Å². The van der Waals surface area contributed by atoms with Gasteiger partial charge < -0.3 is 5.32 Å². The molecule has 0 saturated heterocycles. The van der Waals surface area contributed by atoms with Gasteiger partial charge in [0, 0.05) is 31.1 Å². The summed E-state index contributed by atoms with van der Waals surface area (Å²) in [6.07, 6.45) is 0. The van der Waals surface area contributed by atoms with Crippen molar-refractivity contribution in [1.82, 2.24) is 9.29 Å². The van der Waals surface area contributed by atoms with Gasteiger partial charge in [0.15, 0.2) is 5.13 Å². The minimum absolute atomic E-state index is 0.366. The van der Waals surface area contributed by atoms with Gasteiger partial charge in [-0.1, -0.05) is 36.4 Å². The number of aromatic nitrogens is 1. The van der Waals surface area contributed by atoms with Crippen LogP contribution in [0.5, 0.6) is 0 Å². The van der Waals surface area contributed by atoms with Gasteiger partial charge in [-0.15, -0.1) is 22.7 Å². The molecule has 3 aromatic rings. The minimum Gasteiger partial charge on any atom is -0.360 e. The Morgan fingerprint density at radius 2 is 1.92 bits per heavy atom. The zero-order valence-corrected chi connectivity index (χ0v) is 15.5. The van der Waals surface area contributed by atoms with Crippen LogP contribution < -0.4 is 5.32 Å². The third-order valence-corrected chi connectivity index (χ3v) is 7.47. The highest BCUT2D eigenvalue weighted by atomic mass is 32.2. The van der Waals surface area contributed by atoms with Gasteiger partial charge in [-0.05, 0) is 11.4 Å². The van der Waals surface area contributed by atoms with Gasteiger partial charge in [-0.25, -0.2) is 13.4 Å². The molecule has 0 radical (unpaired) electrons. The molecule has 1 N–H and O–H groups in total. The molecule has 3 rings (SSSR count). The first-order valence-corrected chi connectivity index (χ1v) is 10.5. The summed E-state index contributed by atoms with van der Waals surface area (Å²) < 4.78 is 26.4. The zero-order valence-electron chi connectivity index (χ0n) is 13.0. The van der Waals surface area contributed by atoms with Crippen molar-refractivity contribution >= 4 is 37.8 Å². The molecule has 0 spiro atoms. The van der Waals surface area contributed by atoms with Crippen molar-refractivity contribution in [2.24, 2.45) is 0 Å². The average Bonchev–Trinajstić information content (AvgIpc) is 3.28. The van der Waals surface area contributed by atoms with Crippen LogP contribution in [0.3, 0.4) is 0 Å². The van der Waals surface area contributed by atoms with Crippen LogP contribution in [0.2, 0.25) is 0 Å². The first-order valence-electron chi connectivity index (χ1n) is 7.32. The van der Waals surface area contributed by atoms with E-state index in [1.807, 2.05) is 35.7 Å². The molecule has 0 aliphatic carbocycles. The molecule has 8 heteroatoms.